The number of ketones is 1. The number of hydrogen-bond acceptors (Lipinski definition) is 5. The van der Waals surface area contributed by atoms with Gasteiger partial charge in [0.15, 0.2) is 15.6 Å². The van der Waals surface area contributed by atoms with Gasteiger partial charge < -0.3 is 9.84 Å². The Kier molecular flexibility index (Phi) is 6.81. The van der Waals surface area contributed by atoms with Crippen molar-refractivity contribution in [2.24, 2.45) is 0 Å². The van der Waals surface area contributed by atoms with Crippen LogP contribution < -0.4 is 4.74 Å². The lowest BCUT2D eigenvalue weighted by Gasteiger charge is -2.19. The van der Waals surface area contributed by atoms with Gasteiger partial charge >= 0.3 is 0 Å². The van der Waals surface area contributed by atoms with E-state index in [1.165, 1.54) is 24.3 Å². The summed E-state index contributed by atoms with van der Waals surface area (Å²) < 4.78 is 32.7. The second kappa shape index (κ2) is 9.35. The summed E-state index contributed by atoms with van der Waals surface area (Å²) in [6.45, 7) is 5.71. The average Bonchev–Trinajstić information content (AvgIpc) is 2.73. The minimum atomic E-state index is -3.83. The minimum Gasteiger partial charge on any atom is -0.508 e. The quantitative estimate of drug-likeness (QED) is 0.484. The first kappa shape index (κ1) is 22.6. The van der Waals surface area contributed by atoms with Crippen LogP contribution in [-0.2, 0) is 9.84 Å². The number of benzene rings is 3. The highest BCUT2D eigenvalue weighted by Crippen LogP contribution is 2.34. The molecule has 1 unspecified atom stereocenters. The zero-order valence-electron chi connectivity index (χ0n) is 17.8. The molecule has 0 aliphatic carbocycles. The van der Waals surface area contributed by atoms with Crippen LogP contribution in [0.5, 0.6) is 11.5 Å². The van der Waals surface area contributed by atoms with Crippen LogP contribution in [0.25, 0.3) is 0 Å². The molecule has 6 heteroatoms. The predicted molar refractivity (Wildman–Crippen MR) is 120 cm³/mol. The number of ether oxygens (including phenoxy) is 1. The Labute approximate surface area is 183 Å². The first-order chi connectivity index (χ1) is 14.7. The van der Waals surface area contributed by atoms with Crippen molar-refractivity contribution in [2.45, 2.75) is 43.4 Å². The van der Waals surface area contributed by atoms with Crippen LogP contribution in [0.4, 0.5) is 0 Å². The lowest BCUT2D eigenvalue weighted by molar-refractivity contribution is 0.0980. The molecule has 3 aromatic carbocycles. The summed E-state index contributed by atoms with van der Waals surface area (Å²) in [6, 6.07) is 19.3. The first-order valence-electron chi connectivity index (χ1n) is 10.1. The number of hydrogen-bond donors (Lipinski definition) is 1. The summed E-state index contributed by atoms with van der Waals surface area (Å²) in [4.78, 5) is 13.1. The van der Waals surface area contributed by atoms with E-state index in [4.69, 9.17) is 4.74 Å². The van der Waals surface area contributed by atoms with Gasteiger partial charge in [-0.2, -0.15) is 0 Å². The van der Waals surface area contributed by atoms with E-state index in [1.54, 1.807) is 48.5 Å². The Bertz CT molecular complexity index is 1130. The summed E-state index contributed by atoms with van der Waals surface area (Å²) in [5.74, 6) is 0.361. The van der Waals surface area contributed by atoms with Gasteiger partial charge in [0.05, 0.1) is 16.2 Å². The van der Waals surface area contributed by atoms with Gasteiger partial charge in [0.1, 0.15) is 11.5 Å². The van der Waals surface area contributed by atoms with Crippen molar-refractivity contribution in [1.82, 2.24) is 0 Å². The van der Waals surface area contributed by atoms with Crippen molar-refractivity contribution < 1.29 is 23.1 Å². The van der Waals surface area contributed by atoms with Crippen molar-refractivity contribution in [3.63, 3.8) is 0 Å². The number of sulfone groups is 1. The monoisotopic (exact) mass is 438 g/mol. The van der Waals surface area contributed by atoms with Crippen LogP contribution in [0.3, 0.4) is 0 Å². The fraction of sp³-hybridized carbons (Fsp3) is 0.240. The molecule has 3 aromatic rings. The predicted octanol–water partition coefficient (Wildman–Crippen LogP) is 5.28. The van der Waals surface area contributed by atoms with E-state index in [0.717, 1.165) is 5.56 Å². The number of aromatic hydroxyl groups is 1. The van der Waals surface area contributed by atoms with Gasteiger partial charge in [-0.15, -0.1) is 0 Å². The molecule has 0 aromatic heterocycles. The van der Waals surface area contributed by atoms with Gasteiger partial charge in [-0.3, -0.25) is 4.79 Å². The van der Waals surface area contributed by atoms with E-state index < -0.39 is 15.1 Å². The molecule has 3 rings (SSSR count). The maximum absolute atomic E-state index is 13.5. The molecule has 162 valence electrons. The third-order valence-corrected chi connectivity index (χ3v) is 7.03. The molecule has 1 atom stereocenters. The summed E-state index contributed by atoms with van der Waals surface area (Å²) >= 11 is 0. The average molecular weight is 439 g/mol. The van der Waals surface area contributed by atoms with E-state index in [2.05, 4.69) is 0 Å². The van der Waals surface area contributed by atoms with Crippen molar-refractivity contribution in [3.05, 3.63) is 89.5 Å². The van der Waals surface area contributed by atoms with Crippen LogP contribution in [0.2, 0.25) is 0 Å². The molecular weight excluding hydrogens is 412 g/mol. The number of carbonyl (C=O) groups excluding carboxylic acids is 1. The molecule has 1 N–H and O–H groups in total. The Hall–Kier alpha value is -3.12. The number of carbonyl (C=O) groups is 1. The highest BCUT2D eigenvalue weighted by molar-refractivity contribution is 7.91. The topological polar surface area (TPSA) is 80.7 Å². The maximum Gasteiger partial charge on any atom is 0.185 e. The fourth-order valence-electron chi connectivity index (χ4n) is 3.27. The van der Waals surface area contributed by atoms with Gasteiger partial charge in [0, 0.05) is 12.0 Å². The molecule has 0 heterocycles. The molecular formula is C25H26O5S. The van der Waals surface area contributed by atoms with E-state index in [9.17, 15) is 18.3 Å². The zero-order valence-corrected chi connectivity index (χ0v) is 18.6. The summed E-state index contributed by atoms with van der Waals surface area (Å²) in [7, 11) is -3.83. The number of rotatable bonds is 8. The van der Waals surface area contributed by atoms with Crippen molar-refractivity contribution in [2.75, 3.05) is 0 Å². The Morgan fingerprint density at radius 1 is 0.903 bits per heavy atom. The Balaban J connectivity index is 1.99. The standard InChI is InChI=1S/C25H26O5S/c1-17(2)30-22-12-8-20(9-13-22)25(16-24(27)19-6-10-21(26)11-7-19)31(28,29)23-14-4-18(3)5-15-23/h4-15,17,25-26H,16H2,1-3H3. The largest absolute Gasteiger partial charge is 0.508 e. The Morgan fingerprint density at radius 2 is 1.48 bits per heavy atom. The molecule has 31 heavy (non-hydrogen) atoms. The third-order valence-electron chi connectivity index (χ3n) is 4.91. The van der Waals surface area contributed by atoms with Crippen molar-refractivity contribution in [3.8, 4) is 11.5 Å². The van der Waals surface area contributed by atoms with Crippen molar-refractivity contribution >= 4 is 15.6 Å². The molecule has 0 saturated heterocycles. The molecule has 0 amide bonds. The molecule has 0 saturated carbocycles. The lowest BCUT2D eigenvalue weighted by Crippen LogP contribution is -2.18. The molecule has 0 fully saturated rings. The number of phenolic OH excluding ortho intramolecular Hbond substituents is 1. The Morgan fingerprint density at radius 3 is 2.03 bits per heavy atom. The van der Waals surface area contributed by atoms with E-state index in [0.29, 0.717) is 16.9 Å². The second-order valence-corrected chi connectivity index (χ2v) is 9.89. The van der Waals surface area contributed by atoms with Crippen LogP contribution >= 0.6 is 0 Å². The van der Waals surface area contributed by atoms with E-state index in [-0.39, 0.29) is 29.0 Å². The van der Waals surface area contributed by atoms with Crippen molar-refractivity contribution in [1.29, 1.82) is 0 Å². The SMILES string of the molecule is Cc1ccc(S(=O)(=O)C(CC(=O)c2ccc(O)cc2)c2ccc(OC(C)C)cc2)cc1. The van der Waals surface area contributed by atoms with Gasteiger partial charge in [0.25, 0.3) is 0 Å². The molecule has 0 bridgehead atoms. The molecule has 0 aliphatic rings. The van der Waals surface area contributed by atoms with Crippen LogP contribution in [0.1, 0.15) is 47.0 Å². The first-order valence-corrected chi connectivity index (χ1v) is 11.6. The van der Waals surface area contributed by atoms with Gasteiger partial charge in [0.2, 0.25) is 0 Å². The smallest absolute Gasteiger partial charge is 0.185 e. The maximum atomic E-state index is 13.5. The molecule has 5 nitrogen and oxygen atoms in total. The highest BCUT2D eigenvalue weighted by atomic mass is 32.2. The van der Waals surface area contributed by atoms with E-state index in [1.807, 2.05) is 20.8 Å². The normalized spacial score (nSPS) is 12.5. The number of aryl methyl sites for hydroxylation is 1. The minimum absolute atomic E-state index is 0.00554. The molecule has 0 spiro atoms. The van der Waals surface area contributed by atoms with E-state index >= 15 is 0 Å². The van der Waals surface area contributed by atoms with Crippen LogP contribution in [0.15, 0.2) is 77.7 Å². The van der Waals surface area contributed by atoms with Gasteiger partial charge in [-0.05, 0) is 74.9 Å². The third kappa shape index (κ3) is 5.52. The van der Waals surface area contributed by atoms with Gasteiger partial charge in [-0.1, -0.05) is 29.8 Å². The highest BCUT2D eigenvalue weighted by Gasteiger charge is 2.31. The molecule has 0 radical (unpaired) electrons. The fourth-order valence-corrected chi connectivity index (χ4v) is 5.00. The lowest BCUT2D eigenvalue weighted by atomic mass is 10.0. The summed E-state index contributed by atoms with van der Waals surface area (Å²) in [6.07, 6.45) is -0.222. The molecule has 0 aliphatic heterocycles. The summed E-state index contributed by atoms with van der Waals surface area (Å²) in [5.41, 5.74) is 1.82. The number of Topliss-reactive ketones (excluding diaryl/α,β-unsaturated/α-hetero) is 1. The zero-order chi connectivity index (χ0) is 22.6. The second-order valence-electron chi connectivity index (χ2n) is 7.76. The van der Waals surface area contributed by atoms with Gasteiger partial charge in [-0.25, -0.2) is 8.42 Å². The van der Waals surface area contributed by atoms with Crippen LogP contribution in [0, 0.1) is 6.92 Å². The van der Waals surface area contributed by atoms with Crippen LogP contribution in [-0.4, -0.2) is 25.4 Å². The number of phenols is 1. The summed E-state index contributed by atoms with van der Waals surface area (Å²) in [5, 5.41) is 8.42.